The first-order valence-corrected chi connectivity index (χ1v) is 11.9. The smallest absolute Gasteiger partial charge is 0.253 e. The maximum atomic E-state index is 13.4. The number of anilines is 2. The highest BCUT2D eigenvalue weighted by Gasteiger charge is 2.23. The number of likely N-dealkylation sites (N-methyl/N-ethyl adjacent to an activating group) is 1. The van der Waals surface area contributed by atoms with Crippen LogP contribution in [0, 0.1) is 0 Å². The summed E-state index contributed by atoms with van der Waals surface area (Å²) >= 11 is 12.8. The van der Waals surface area contributed by atoms with E-state index in [-0.39, 0.29) is 11.7 Å². The second-order valence-corrected chi connectivity index (χ2v) is 9.40. The Kier molecular flexibility index (Phi) is 7.37. The van der Waals surface area contributed by atoms with Crippen LogP contribution in [0.1, 0.15) is 25.7 Å². The first-order chi connectivity index (χ1) is 15.9. The maximum Gasteiger partial charge on any atom is 0.253 e. The van der Waals surface area contributed by atoms with Crippen molar-refractivity contribution in [2.45, 2.75) is 38.3 Å². The number of benzene rings is 2. The molecule has 176 valence electrons. The Morgan fingerprint density at radius 2 is 1.82 bits per heavy atom. The Hall–Kier alpha value is -2.41. The van der Waals surface area contributed by atoms with E-state index < -0.39 is 0 Å². The van der Waals surface area contributed by atoms with E-state index in [2.05, 4.69) is 5.32 Å². The number of ether oxygens (including phenoxy) is 2. The summed E-state index contributed by atoms with van der Waals surface area (Å²) in [5.74, 6) is 1.21. The van der Waals surface area contributed by atoms with E-state index in [9.17, 15) is 4.79 Å². The van der Waals surface area contributed by atoms with Crippen LogP contribution in [-0.2, 0) is 6.54 Å². The number of aromatic nitrogens is 1. The quantitative estimate of drug-likeness (QED) is 0.423. The summed E-state index contributed by atoms with van der Waals surface area (Å²) in [5, 5.41) is 5.07. The van der Waals surface area contributed by atoms with Crippen LogP contribution < -0.4 is 20.3 Å². The summed E-state index contributed by atoms with van der Waals surface area (Å²) in [6.45, 7) is 1.22. The van der Waals surface area contributed by atoms with Gasteiger partial charge in [-0.2, -0.15) is 0 Å². The zero-order valence-corrected chi connectivity index (χ0v) is 20.7. The van der Waals surface area contributed by atoms with Gasteiger partial charge in [0.25, 0.3) is 5.56 Å². The molecule has 0 atom stereocenters. The highest BCUT2D eigenvalue weighted by Crippen LogP contribution is 2.41. The number of hydrogen-bond donors (Lipinski definition) is 1. The minimum atomic E-state index is -0.139. The molecule has 1 fully saturated rings. The normalized spacial score (nSPS) is 14.2. The fourth-order valence-electron chi connectivity index (χ4n) is 4.25. The van der Waals surface area contributed by atoms with Crippen LogP contribution in [0.3, 0.4) is 0 Å². The Balaban J connectivity index is 1.93. The minimum Gasteiger partial charge on any atom is -0.493 e. The lowest BCUT2D eigenvalue weighted by Crippen LogP contribution is -2.27. The van der Waals surface area contributed by atoms with Gasteiger partial charge in [0.1, 0.15) is 0 Å². The van der Waals surface area contributed by atoms with E-state index in [4.69, 9.17) is 32.7 Å². The van der Waals surface area contributed by atoms with E-state index in [1.807, 2.05) is 31.1 Å². The molecule has 4 rings (SSSR count). The third kappa shape index (κ3) is 5.08. The van der Waals surface area contributed by atoms with Gasteiger partial charge in [-0.1, -0.05) is 29.3 Å². The largest absolute Gasteiger partial charge is 0.493 e. The van der Waals surface area contributed by atoms with Gasteiger partial charge in [0.2, 0.25) is 0 Å². The summed E-state index contributed by atoms with van der Waals surface area (Å²) in [6.07, 6.45) is 4.38. The molecule has 1 heterocycles. The third-order valence-electron chi connectivity index (χ3n) is 5.99. The van der Waals surface area contributed by atoms with Crippen molar-refractivity contribution < 1.29 is 9.47 Å². The first-order valence-electron chi connectivity index (χ1n) is 11.2. The van der Waals surface area contributed by atoms with E-state index in [1.54, 1.807) is 35.9 Å². The maximum absolute atomic E-state index is 13.4. The minimum absolute atomic E-state index is 0.108. The molecule has 33 heavy (non-hydrogen) atoms. The van der Waals surface area contributed by atoms with Crippen molar-refractivity contribution in [1.82, 2.24) is 9.47 Å². The van der Waals surface area contributed by atoms with Gasteiger partial charge >= 0.3 is 0 Å². The van der Waals surface area contributed by atoms with Gasteiger partial charge in [0, 0.05) is 24.5 Å². The van der Waals surface area contributed by atoms with E-state index in [0.717, 1.165) is 31.1 Å². The van der Waals surface area contributed by atoms with Gasteiger partial charge in [-0.25, -0.2) is 0 Å². The second kappa shape index (κ2) is 10.2. The van der Waals surface area contributed by atoms with Crippen molar-refractivity contribution in [3.05, 3.63) is 56.8 Å². The molecule has 0 radical (unpaired) electrons. The number of hydrogen-bond acceptors (Lipinski definition) is 5. The van der Waals surface area contributed by atoms with Gasteiger partial charge in [0.15, 0.2) is 11.5 Å². The van der Waals surface area contributed by atoms with Crippen molar-refractivity contribution in [3.8, 4) is 11.5 Å². The summed E-state index contributed by atoms with van der Waals surface area (Å²) in [6, 6.07) is 10.7. The fourth-order valence-corrected chi connectivity index (χ4v) is 4.74. The SMILES string of the molecule is COc1ccc2c(Nc3c(Cl)cccc3Cl)cc(=O)n(CCN(C)C)c2c1OC1CCCC1. The number of halogens is 2. The van der Waals surface area contributed by atoms with Crippen LogP contribution in [0.25, 0.3) is 10.9 Å². The number of methoxy groups -OCH3 is 1. The van der Waals surface area contributed by atoms with Crippen LogP contribution in [0.15, 0.2) is 41.2 Å². The zero-order valence-electron chi connectivity index (χ0n) is 19.2. The average molecular weight is 490 g/mol. The molecule has 8 heteroatoms. The van der Waals surface area contributed by atoms with Crippen molar-refractivity contribution in [1.29, 1.82) is 0 Å². The monoisotopic (exact) mass is 489 g/mol. The van der Waals surface area contributed by atoms with Gasteiger partial charge < -0.3 is 24.3 Å². The Morgan fingerprint density at radius 3 is 2.45 bits per heavy atom. The molecule has 1 saturated carbocycles. The number of rotatable bonds is 8. The molecule has 1 aliphatic rings. The van der Waals surface area contributed by atoms with Crippen molar-refractivity contribution >= 4 is 45.5 Å². The molecule has 0 saturated heterocycles. The number of para-hydroxylation sites is 1. The molecule has 0 aliphatic heterocycles. The molecule has 2 aromatic carbocycles. The summed E-state index contributed by atoms with van der Waals surface area (Å²) in [5.41, 5.74) is 1.74. The highest BCUT2D eigenvalue weighted by molar-refractivity contribution is 6.39. The van der Waals surface area contributed by atoms with E-state index in [1.165, 1.54) is 0 Å². The summed E-state index contributed by atoms with van der Waals surface area (Å²) in [7, 11) is 5.59. The van der Waals surface area contributed by atoms with Gasteiger partial charge in [-0.05, 0) is 64.0 Å². The lowest BCUT2D eigenvalue weighted by molar-refractivity contribution is 0.202. The molecule has 1 N–H and O–H groups in total. The van der Waals surface area contributed by atoms with Gasteiger partial charge in [0.05, 0.1) is 40.2 Å². The standard InChI is InChI=1S/C25H29Cl2N3O3/c1-29(2)13-14-30-22(31)15-20(28-23-18(26)9-6-10-19(23)27)17-11-12-21(32-3)25(24(17)30)33-16-7-4-5-8-16/h6,9-12,15-16,28H,4-5,7-8,13-14H2,1-3H3. The van der Waals surface area contributed by atoms with Crippen LogP contribution in [0.4, 0.5) is 11.4 Å². The molecule has 1 aromatic heterocycles. The zero-order chi connectivity index (χ0) is 23.5. The third-order valence-corrected chi connectivity index (χ3v) is 6.62. The lowest BCUT2D eigenvalue weighted by atomic mass is 10.1. The molecule has 0 bridgehead atoms. The fraction of sp³-hybridized carbons (Fsp3) is 0.400. The Labute approximate surface area is 204 Å². The second-order valence-electron chi connectivity index (χ2n) is 8.59. The Morgan fingerprint density at radius 1 is 1.12 bits per heavy atom. The average Bonchev–Trinajstić information content (AvgIpc) is 3.29. The van der Waals surface area contributed by atoms with Gasteiger partial charge in [-0.3, -0.25) is 4.79 Å². The van der Waals surface area contributed by atoms with Crippen molar-refractivity contribution in [2.75, 3.05) is 33.1 Å². The van der Waals surface area contributed by atoms with Gasteiger partial charge in [-0.15, -0.1) is 0 Å². The molecule has 6 nitrogen and oxygen atoms in total. The predicted molar refractivity (Wildman–Crippen MR) is 136 cm³/mol. The molecular formula is C25H29Cl2N3O3. The summed E-state index contributed by atoms with van der Waals surface area (Å²) in [4.78, 5) is 15.4. The summed E-state index contributed by atoms with van der Waals surface area (Å²) < 4.78 is 13.9. The first kappa shape index (κ1) is 23.7. The van der Waals surface area contributed by atoms with Crippen LogP contribution in [0.5, 0.6) is 11.5 Å². The number of fused-ring (bicyclic) bond motifs is 1. The molecule has 0 spiro atoms. The lowest BCUT2D eigenvalue weighted by Gasteiger charge is -2.23. The van der Waals surface area contributed by atoms with Crippen LogP contribution in [0.2, 0.25) is 10.0 Å². The van der Waals surface area contributed by atoms with Crippen molar-refractivity contribution in [2.24, 2.45) is 0 Å². The topological polar surface area (TPSA) is 55.7 Å². The molecule has 3 aromatic rings. The molecule has 1 aliphatic carbocycles. The molecule has 0 amide bonds. The number of pyridine rings is 1. The van der Waals surface area contributed by atoms with Crippen molar-refractivity contribution in [3.63, 3.8) is 0 Å². The molecule has 0 unspecified atom stereocenters. The number of nitrogens with zero attached hydrogens (tertiary/aromatic N) is 2. The number of nitrogens with one attached hydrogen (secondary N) is 1. The Bertz CT molecular complexity index is 1180. The van der Waals surface area contributed by atoms with Crippen LogP contribution >= 0.6 is 23.2 Å². The van der Waals surface area contributed by atoms with E-state index >= 15 is 0 Å². The predicted octanol–water partition coefficient (Wildman–Crippen LogP) is 5.94. The highest BCUT2D eigenvalue weighted by atomic mass is 35.5. The molecular weight excluding hydrogens is 461 g/mol. The van der Waals surface area contributed by atoms with E-state index in [0.29, 0.717) is 51.5 Å². The van der Waals surface area contributed by atoms with Crippen LogP contribution in [-0.4, -0.2) is 43.3 Å².